The van der Waals surface area contributed by atoms with Gasteiger partial charge in [-0.3, -0.25) is 9.78 Å². The Kier molecular flexibility index (Phi) is 1.32. The van der Waals surface area contributed by atoms with Crippen LogP contribution in [0.4, 0.5) is 0 Å². The van der Waals surface area contributed by atoms with Crippen LogP contribution in [0, 0.1) is 0 Å². The number of aliphatic hydroxyl groups is 1. The van der Waals surface area contributed by atoms with Crippen molar-refractivity contribution in [3.8, 4) is 0 Å². The highest BCUT2D eigenvalue weighted by molar-refractivity contribution is 5.99. The lowest BCUT2D eigenvalue weighted by atomic mass is 10.0. The quantitative estimate of drug-likeness (QED) is 0.617. The summed E-state index contributed by atoms with van der Waals surface area (Å²) in [5, 5.41) is 9.76. The molecule has 0 spiro atoms. The van der Waals surface area contributed by atoms with E-state index in [1.54, 1.807) is 25.3 Å². The number of ketones is 1. The molecule has 0 aromatic carbocycles. The Labute approximate surface area is 70.1 Å². The van der Waals surface area contributed by atoms with Crippen LogP contribution in [0.15, 0.2) is 18.3 Å². The first-order valence-electron chi connectivity index (χ1n) is 3.82. The van der Waals surface area contributed by atoms with Crippen LogP contribution in [0.5, 0.6) is 0 Å². The predicted molar refractivity (Wildman–Crippen MR) is 42.8 cm³/mol. The van der Waals surface area contributed by atoms with E-state index < -0.39 is 5.60 Å². The molecule has 1 aromatic heterocycles. The minimum Gasteiger partial charge on any atom is -0.385 e. The van der Waals surface area contributed by atoms with E-state index in [0.29, 0.717) is 11.3 Å². The van der Waals surface area contributed by atoms with E-state index >= 15 is 0 Å². The van der Waals surface area contributed by atoms with Crippen LogP contribution in [0.25, 0.3) is 0 Å². The van der Waals surface area contributed by atoms with Gasteiger partial charge in [-0.1, -0.05) is 6.07 Å². The third kappa shape index (κ3) is 0.865. The monoisotopic (exact) mass is 163 g/mol. The highest BCUT2D eigenvalue weighted by Crippen LogP contribution is 2.34. The topological polar surface area (TPSA) is 50.2 Å². The van der Waals surface area contributed by atoms with Gasteiger partial charge in [0, 0.05) is 18.2 Å². The lowest BCUT2D eigenvalue weighted by Gasteiger charge is -2.14. The fourth-order valence-corrected chi connectivity index (χ4v) is 1.55. The summed E-state index contributed by atoms with van der Waals surface area (Å²) in [5.74, 6) is -0.0735. The number of hydrogen-bond acceptors (Lipinski definition) is 3. The Morgan fingerprint density at radius 3 is 3.08 bits per heavy atom. The third-order valence-electron chi connectivity index (χ3n) is 2.16. The molecule has 0 saturated carbocycles. The van der Waals surface area contributed by atoms with Crippen LogP contribution in [0.1, 0.15) is 29.4 Å². The van der Waals surface area contributed by atoms with Crippen LogP contribution in [-0.4, -0.2) is 15.9 Å². The predicted octanol–water partition coefficient (Wildman–Crippen LogP) is 0.875. The van der Waals surface area contributed by atoms with Crippen molar-refractivity contribution in [1.29, 1.82) is 0 Å². The van der Waals surface area contributed by atoms with Crippen molar-refractivity contribution in [1.82, 2.24) is 4.98 Å². The van der Waals surface area contributed by atoms with E-state index in [2.05, 4.69) is 4.98 Å². The normalized spacial score (nSPS) is 27.3. The van der Waals surface area contributed by atoms with Crippen molar-refractivity contribution in [2.45, 2.75) is 18.9 Å². The number of pyridine rings is 1. The summed E-state index contributed by atoms with van der Waals surface area (Å²) < 4.78 is 0. The molecule has 1 heterocycles. The van der Waals surface area contributed by atoms with Crippen molar-refractivity contribution in [2.75, 3.05) is 0 Å². The minimum absolute atomic E-state index is 0.0735. The van der Waals surface area contributed by atoms with Crippen molar-refractivity contribution in [3.63, 3.8) is 0 Å². The van der Waals surface area contributed by atoms with Crippen LogP contribution in [0.3, 0.4) is 0 Å². The Bertz CT molecular complexity index is 344. The third-order valence-corrected chi connectivity index (χ3v) is 2.16. The fraction of sp³-hybridized carbons (Fsp3) is 0.333. The lowest BCUT2D eigenvalue weighted by Crippen LogP contribution is -2.16. The van der Waals surface area contributed by atoms with E-state index in [1.165, 1.54) is 0 Å². The van der Waals surface area contributed by atoms with E-state index in [-0.39, 0.29) is 12.2 Å². The van der Waals surface area contributed by atoms with E-state index in [1.807, 2.05) is 0 Å². The molecule has 0 amide bonds. The molecule has 1 aliphatic carbocycles. The average molecular weight is 163 g/mol. The summed E-state index contributed by atoms with van der Waals surface area (Å²) in [4.78, 5) is 15.2. The van der Waals surface area contributed by atoms with Crippen LogP contribution < -0.4 is 0 Å². The molecule has 62 valence electrons. The molecule has 0 bridgehead atoms. The van der Waals surface area contributed by atoms with Crippen molar-refractivity contribution in [2.24, 2.45) is 0 Å². The van der Waals surface area contributed by atoms with Crippen molar-refractivity contribution < 1.29 is 9.90 Å². The molecule has 1 aromatic rings. The summed E-state index contributed by atoms with van der Waals surface area (Å²) >= 11 is 0. The molecule has 3 nitrogen and oxygen atoms in total. The second-order valence-corrected chi connectivity index (χ2v) is 3.27. The van der Waals surface area contributed by atoms with E-state index in [4.69, 9.17) is 0 Å². The zero-order valence-corrected chi connectivity index (χ0v) is 6.74. The smallest absolute Gasteiger partial charge is 0.184 e. The Morgan fingerprint density at radius 2 is 2.42 bits per heavy atom. The highest BCUT2D eigenvalue weighted by atomic mass is 16.3. The summed E-state index contributed by atoms with van der Waals surface area (Å²) in [6.45, 7) is 1.64. The highest BCUT2D eigenvalue weighted by Gasteiger charge is 2.38. The minimum atomic E-state index is -1.01. The molecule has 12 heavy (non-hydrogen) atoms. The Balaban J connectivity index is 2.66. The van der Waals surface area contributed by atoms with E-state index in [9.17, 15) is 9.90 Å². The molecule has 1 aliphatic rings. The van der Waals surface area contributed by atoms with Gasteiger partial charge in [0.1, 0.15) is 5.69 Å². The summed E-state index contributed by atoms with van der Waals surface area (Å²) in [6, 6.07) is 3.47. The maximum Gasteiger partial charge on any atom is 0.184 e. The lowest BCUT2D eigenvalue weighted by molar-refractivity contribution is 0.0534. The van der Waals surface area contributed by atoms with E-state index in [0.717, 1.165) is 0 Å². The van der Waals surface area contributed by atoms with Gasteiger partial charge in [0.05, 0.1) is 5.60 Å². The van der Waals surface area contributed by atoms with Crippen LogP contribution >= 0.6 is 0 Å². The Hall–Kier alpha value is -1.22. The molecule has 0 saturated heterocycles. The fourth-order valence-electron chi connectivity index (χ4n) is 1.55. The standard InChI is InChI=1S/C9H9NO2/c1-9(12)5-7(11)8-6(9)3-2-4-10-8/h2-4,12H,5H2,1H3. The first-order chi connectivity index (χ1) is 5.61. The number of aromatic nitrogens is 1. The number of carbonyl (C=O) groups is 1. The average Bonchev–Trinajstić information content (AvgIpc) is 2.25. The molecule has 1 unspecified atom stereocenters. The number of fused-ring (bicyclic) bond motifs is 1. The zero-order chi connectivity index (χ0) is 8.77. The van der Waals surface area contributed by atoms with Gasteiger partial charge in [-0.25, -0.2) is 0 Å². The van der Waals surface area contributed by atoms with Gasteiger partial charge in [0.15, 0.2) is 5.78 Å². The van der Waals surface area contributed by atoms with Gasteiger partial charge >= 0.3 is 0 Å². The molecule has 0 fully saturated rings. The van der Waals surface area contributed by atoms with Gasteiger partial charge < -0.3 is 5.11 Å². The number of rotatable bonds is 0. The number of nitrogens with zero attached hydrogens (tertiary/aromatic N) is 1. The first kappa shape index (κ1) is 7.43. The van der Waals surface area contributed by atoms with Crippen molar-refractivity contribution >= 4 is 5.78 Å². The van der Waals surface area contributed by atoms with Crippen LogP contribution in [0.2, 0.25) is 0 Å². The van der Waals surface area contributed by atoms with Gasteiger partial charge in [0.2, 0.25) is 0 Å². The second-order valence-electron chi connectivity index (χ2n) is 3.27. The summed E-state index contributed by atoms with van der Waals surface area (Å²) in [5.41, 5.74) is 0.0539. The summed E-state index contributed by atoms with van der Waals surface area (Å²) in [6.07, 6.45) is 1.72. The van der Waals surface area contributed by atoms with Gasteiger partial charge in [-0.05, 0) is 13.0 Å². The SMILES string of the molecule is CC1(O)CC(=O)c2ncccc21. The first-order valence-corrected chi connectivity index (χ1v) is 3.82. The molecule has 1 N–H and O–H groups in total. The maximum absolute atomic E-state index is 11.3. The summed E-state index contributed by atoms with van der Waals surface area (Å²) in [7, 11) is 0. The number of carbonyl (C=O) groups excluding carboxylic acids is 1. The molecule has 0 radical (unpaired) electrons. The molecule has 3 heteroatoms. The molecule has 1 atom stereocenters. The zero-order valence-electron chi connectivity index (χ0n) is 6.74. The number of hydrogen-bond donors (Lipinski definition) is 1. The van der Waals surface area contributed by atoms with Gasteiger partial charge in [0.25, 0.3) is 0 Å². The van der Waals surface area contributed by atoms with Crippen molar-refractivity contribution in [3.05, 3.63) is 29.6 Å². The number of Topliss-reactive ketones (excluding diaryl/α,β-unsaturated/α-hetero) is 1. The van der Waals surface area contributed by atoms with Gasteiger partial charge in [-0.15, -0.1) is 0 Å². The molecular weight excluding hydrogens is 154 g/mol. The molecular formula is C9H9NO2. The largest absolute Gasteiger partial charge is 0.385 e. The second kappa shape index (κ2) is 2.14. The molecule has 0 aliphatic heterocycles. The molecule has 2 rings (SSSR count). The Morgan fingerprint density at radius 1 is 1.67 bits per heavy atom. The van der Waals surface area contributed by atoms with Gasteiger partial charge in [-0.2, -0.15) is 0 Å². The maximum atomic E-state index is 11.3. The van der Waals surface area contributed by atoms with Crippen LogP contribution in [-0.2, 0) is 5.60 Å².